The summed E-state index contributed by atoms with van der Waals surface area (Å²) in [5.74, 6) is 1.06. The molecule has 1 heterocycles. The molecular weight excluding hydrogens is 224 g/mol. The maximum absolute atomic E-state index is 11.4. The Labute approximate surface area is 106 Å². The van der Waals surface area contributed by atoms with Crippen molar-refractivity contribution in [1.29, 1.82) is 0 Å². The monoisotopic (exact) mass is 238 g/mol. The van der Waals surface area contributed by atoms with Crippen molar-refractivity contribution in [3.05, 3.63) is 53.6 Å². The summed E-state index contributed by atoms with van der Waals surface area (Å²) in [6.45, 7) is 2.34. The number of hydrogen-bond acceptors (Lipinski definition) is 2. The third-order valence-corrected chi connectivity index (χ3v) is 3.29. The summed E-state index contributed by atoms with van der Waals surface area (Å²) < 4.78 is 5.70. The van der Waals surface area contributed by atoms with E-state index in [4.69, 9.17) is 4.74 Å². The normalized spacial score (nSPS) is 12.9. The van der Waals surface area contributed by atoms with Crippen molar-refractivity contribution in [2.24, 2.45) is 0 Å². The minimum atomic E-state index is 0.0883. The standard InChI is InChI=1S/C16H14O2/c1-11(17)13-5-2-6-14(10-13)15-7-3-4-12-8-9-18-16(12)15/h2-7,10H,8-9H2,1H3. The van der Waals surface area contributed by atoms with Crippen LogP contribution in [0, 0.1) is 0 Å². The van der Waals surface area contributed by atoms with Gasteiger partial charge in [-0.05, 0) is 24.1 Å². The van der Waals surface area contributed by atoms with Gasteiger partial charge in [0.05, 0.1) is 6.61 Å². The summed E-state index contributed by atoms with van der Waals surface area (Å²) in [5.41, 5.74) is 4.11. The Morgan fingerprint density at radius 3 is 2.83 bits per heavy atom. The van der Waals surface area contributed by atoms with Gasteiger partial charge in [-0.2, -0.15) is 0 Å². The van der Waals surface area contributed by atoms with Crippen molar-refractivity contribution in [2.75, 3.05) is 6.61 Å². The molecule has 0 saturated carbocycles. The van der Waals surface area contributed by atoms with Gasteiger partial charge in [0.1, 0.15) is 5.75 Å². The highest BCUT2D eigenvalue weighted by Crippen LogP contribution is 2.36. The van der Waals surface area contributed by atoms with Gasteiger partial charge in [-0.25, -0.2) is 0 Å². The first kappa shape index (κ1) is 11.0. The zero-order valence-corrected chi connectivity index (χ0v) is 10.3. The average molecular weight is 238 g/mol. The van der Waals surface area contributed by atoms with Gasteiger partial charge in [0.25, 0.3) is 0 Å². The van der Waals surface area contributed by atoms with Crippen LogP contribution in [0.1, 0.15) is 22.8 Å². The first-order valence-electron chi connectivity index (χ1n) is 6.12. The lowest BCUT2D eigenvalue weighted by atomic mass is 9.99. The van der Waals surface area contributed by atoms with Crippen molar-refractivity contribution < 1.29 is 9.53 Å². The lowest BCUT2D eigenvalue weighted by molar-refractivity contribution is 0.101. The van der Waals surface area contributed by atoms with Crippen LogP contribution in [0.3, 0.4) is 0 Å². The van der Waals surface area contributed by atoms with Gasteiger partial charge in [-0.3, -0.25) is 4.79 Å². The molecule has 2 nitrogen and oxygen atoms in total. The van der Waals surface area contributed by atoms with Crippen molar-refractivity contribution in [2.45, 2.75) is 13.3 Å². The number of para-hydroxylation sites is 1. The molecule has 0 aliphatic carbocycles. The number of rotatable bonds is 2. The van der Waals surface area contributed by atoms with Gasteiger partial charge in [0.15, 0.2) is 5.78 Å². The SMILES string of the molecule is CC(=O)c1cccc(-c2cccc3c2OCC3)c1. The van der Waals surface area contributed by atoms with Crippen LogP contribution < -0.4 is 4.74 Å². The van der Waals surface area contributed by atoms with Crippen molar-refractivity contribution in [1.82, 2.24) is 0 Å². The Hall–Kier alpha value is -2.09. The number of Topliss-reactive ketones (excluding diaryl/α,β-unsaturated/α-hetero) is 1. The van der Waals surface area contributed by atoms with E-state index in [2.05, 4.69) is 6.07 Å². The van der Waals surface area contributed by atoms with Crippen LogP contribution in [-0.4, -0.2) is 12.4 Å². The summed E-state index contributed by atoms with van der Waals surface area (Å²) in [7, 11) is 0. The van der Waals surface area contributed by atoms with E-state index < -0.39 is 0 Å². The van der Waals surface area contributed by atoms with Crippen molar-refractivity contribution >= 4 is 5.78 Å². The highest BCUT2D eigenvalue weighted by atomic mass is 16.5. The van der Waals surface area contributed by atoms with Crippen LogP contribution in [0.2, 0.25) is 0 Å². The molecule has 2 heteroatoms. The first-order chi connectivity index (χ1) is 8.75. The van der Waals surface area contributed by atoms with Gasteiger partial charge >= 0.3 is 0 Å². The van der Waals surface area contributed by atoms with Gasteiger partial charge in [0, 0.05) is 17.5 Å². The molecule has 0 aromatic heterocycles. The Morgan fingerprint density at radius 1 is 1.17 bits per heavy atom. The third kappa shape index (κ3) is 1.80. The van der Waals surface area contributed by atoms with Crippen LogP contribution in [0.4, 0.5) is 0 Å². The van der Waals surface area contributed by atoms with Gasteiger partial charge in [-0.1, -0.05) is 36.4 Å². The lowest BCUT2D eigenvalue weighted by Gasteiger charge is -2.09. The maximum Gasteiger partial charge on any atom is 0.159 e. The Balaban J connectivity index is 2.13. The molecule has 0 bridgehead atoms. The number of carbonyl (C=O) groups excluding carboxylic acids is 1. The number of carbonyl (C=O) groups is 1. The summed E-state index contributed by atoms with van der Waals surface area (Å²) in [6.07, 6.45) is 0.968. The zero-order chi connectivity index (χ0) is 12.5. The maximum atomic E-state index is 11.4. The first-order valence-corrected chi connectivity index (χ1v) is 6.12. The smallest absolute Gasteiger partial charge is 0.159 e. The minimum Gasteiger partial charge on any atom is -0.492 e. The van der Waals surface area contributed by atoms with E-state index in [-0.39, 0.29) is 5.78 Å². The molecule has 0 atom stereocenters. The molecule has 2 aromatic carbocycles. The minimum absolute atomic E-state index is 0.0883. The molecular formula is C16H14O2. The quantitative estimate of drug-likeness (QED) is 0.748. The number of ether oxygens (including phenoxy) is 1. The van der Waals surface area contributed by atoms with Crippen molar-refractivity contribution in [3.63, 3.8) is 0 Å². The second kappa shape index (κ2) is 4.30. The highest BCUT2D eigenvalue weighted by molar-refractivity contribution is 5.95. The topological polar surface area (TPSA) is 26.3 Å². The van der Waals surface area contributed by atoms with Gasteiger partial charge < -0.3 is 4.74 Å². The molecule has 90 valence electrons. The Kier molecular flexibility index (Phi) is 2.63. The van der Waals surface area contributed by atoms with Crippen LogP contribution in [-0.2, 0) is 6.42 Å². The highest BCUT2D eigenvalue weighted by Gasteiger charge is 2.17. The fourth-order valence-corrected chi connectivity index (χ4v) is 2.35. The van der Waals surface area contributed by atoms with Crippen LogP contribution in [0.5, 0.6) is 5.75 Å². The number of ketones is 1. The summed E-state index contributed by atoms with van der Waals surface area (Å²) in [5, 5.41) is 0. The van der Waals surface area contributed by atoms with Crippen molar-refractivity contribution in [3.8, 4) is 16.9 Å². The molecule has 0 fully saturated rings. The second-order valence-corrected chi connectivity index (χ2v) is 4.53. The Morgan fingerprint density at radius 2 is 2.00 bits per heavy atom. The molecule has 0 amide bonds. The van der Waals surface area contributed by atoms with E-state index in [9.17, 15) is 4.79 Å². The largest absolute Gasteiger partial charge is 0.492 e. The molecule has 0 N–H and O–H groups in total. The predicted octanol–water partition coefficient (Wildman–Crippen LogP) is 3.49. The molecule has 0 spiro atoms. The Bertz CT molecular complexity index is 614. The number of benzene rings is 2. The van der Waals surface area contributed by atoms with Crippen LogP contribution in [0.25, 0.3) is 11.1 Å². The molecule has 2 aromatic rings. The fourth-order valence-electron chi connectivity index (χ4n) is 2.35. The van der Waals surface area contributed by atoms with Crippen LogP contribution in [0.15, 0.2) is 42.5 Å². The molecule has 3 rings (SSSR count). The fraction of sp³-hybridized carbons (Fsp3) is 0.188. The average Bonchev–Trinajstić information content (AvgIpc) is 2.87. The summed E-state index contributed by atoms with van der Waals surface area (Å²) in [6, 6.07) is 13.9. The summed E-state index contributed by atoms with van der Waals surface area (Å²) >= 11 is 0. The van der Waals surface area contributed by atoms with Gasteiger partial charge in [0.2, 0.25) is 0 Å². The molecule has 0 saturated heterocycles. The lowest BCUT2D eigenvalue weighted by Crippen LogP contribution is -1.93. The number of hydrogen-bond donors (Lipinski definition) is 0. The van der Waals surface area contributed by atoms with E-state index in [0.717, 1.165) is 35.5 Å². The predicted molar refractivity (Wildman–Crippen MR) is 71.1 cm³/mol. The second-order valence-electron chi connectivity index (χ2n) is 4.53. The molecule has 0 unspecified atom stereocenters. The van der Waals surface area contributed by atoms with Gasteiger partial charge in [-0.15, -0.1) is 0 Å². The molecule has 18 heavy (non-hydrogen) atoms. The zero-order valence-electron chi connectivity index (χ0n) is 10.3. The summed E-state index contributed by atoms with van der Waals surface area (Å²) in [4.78, 5) is 11.4. The van der Waals surface area contributed by atoms with E-state index in [0.29, 0.717) is 0 Å². The van der Waals surface area contributed by atoms with E-state index in [1.165, 1.54) is 5.56 Å². The van der Waals surface area contributed by atoms with E-state index >= 15 is 0 Å². The molecule has 1 aliphatic rings. The number of fused-ring (bicyclic) bond motifs is 1. The molecule has 1 aliphatic heterocycles. The van der Waals surface area contributed by atoms with E-state index in [1.54, 1.807) is 6.92 Å². The third-order valence-electron chi connectivity index (χ3n) is 3.29. The molecule has 0 radical (unpaired) electrons. The van der Waals surface area contributed by atoms with E-state index in [1.807, 2.05) is 36.4 Å². The van der Waals surface area contributed by atoms with Crippen LogP contribution >= 0.6 is 0 Å².